The van der Waals surface area contributed by atoms with Crippen molar-refractivity contribution in [2.24, 2.45) is 0 Å². The van der Waals surface area contributed by atoms with E-state index in [-0.39, 0.29) is 5.91 Å². The fourth-order valence-corrected chi connectivity index (χ4v) is 2.20. The number of hydrogen-bond donors (Lipinski definition) is 1. The van der Waals surface area contributed by atoms with Gasteiger partial charge in [0.05, 0.1) is 0 Å². The summed E-state index contributed by atoms with van der Waals surface area (Å²) in [6.07, 6.45) is 0. The second kappa shape index (κ2) is 6.22. The van der Waals surface area contributed by atoms with Crippen LogP contribution in [0.15, 0.2) is 42.5 Å². The molecule has 0 aromatic heterocycles. The molecule has 1 amide bonds. The van der Waals surface area contributed by atoms with Crippen LogP contribution in [0.5, 0.6) is 0 Å². The lowest BCUT2D eigenvalue weighted by atomic mass is 10.1. The number of aryl methyl sites for hydroxylation is 1. The summed E-state index contributed by atoms with van der Waals surface area (Å²) < 4.78 is 0. The van der Waals surface area contributed by atoms with Gasteiger partial charge in [-0.25, -0.2) is 0 Å². The highest BCUT2D eigenvalue weighted by Gasteiger charge is 2.08. The van der Waals surface area contributed by atoms with Gasteiger partial charge in [-0.15, -0.1) is 0 Å². The first kappa shape index (κ1) is 14.1. The van der Waals surface area contributed by atoms with Crippen LogP contribution in [-0.4, -0.2) is 5.91 Å². The maximum Gasteiger partial charge on any atom is 0.255 e. The van der Waals surface area contributed by atoms with Crippen molar-refractivity contribution in [3.63, 3.8) is 0 Å². The van der Waals surface area contributed by atoms with E-state index in [0.717, 1.165) is 22.1 Å². The molecule has 0 saturated carbocycles. The van der Waals surface area contributed by atoms with E-state index in [9.17, 15) is 4.79 Å². The van der Waals surface area contributed by atoms with Crippen LogP contribution in [0.4, 0.5) is 5.69 Å². The Kier molecular flexibility index (Phi) is 4.61. The number of carbonyl (C=O) groups is 1. The minimum absolute atomic E-state index is 0.159. The van der Waals surface area contributed by atoms with E-state index in [4.69, 9.17) is 11.6 Å². The molecule has 0 radical (unpaired) electrons. The number of halogens is 2. The lowest BCUT2D eigenvalue weighted by molar-refractivity contribution is 0.102. The van der Waals surface area contributed by atoms with E-state index in [1.165, 1.54) is 0 Å². The van der Waals surface area contributed by atoms with Crippen molar-refractivity contribution < 1.29 is 4.79 Å². The van der Waals surface area contributed by atoms with Gasteiger partial charge in [0.15, 0.2) is 0 Å². The fraction of sp³-hybridized carbons (Fsp3) is 0.133. The van der Waals surface area contributed by atoms with E-state index in [1.807, 2.05) is 37.3 Å². The van der Waals surface area contributed by atoms with Crippen molar-refractivity contribution >= 4 is 39.1 Å². The zero-order valence-electron chi connectivity index (χ0n) is 10.4. The second-order valence-corrected chi connectivity index (χ2v) is 5.22. The van der Waals surface area contributed by atoms with Crippen LogP contribution < -0.4 is 5.32 Å². The Labute approximate surface area is 125 Å². The van der Waals surface area contributed by atoms with Crippen LogP contribution >= 0.6 is 27.5 Å². The van der Waals surface area contributed by atoms with Crippen molar-refractivity contribution in [2.45, 2.75) is 12.3 Å². The molecule has 2 aromatic carbocycles. The van der Waals surface area contributed by atoms with Crippen molar-refractivity contribution in [3.8, 4) is 0 Å². The molecular weight excluding hydrogens is 326 g/mol. The highest BCUT2D eigenvalue weighted by atomic mass is 79.9. The van der Waals surface area contributed by atoms with Crippen LogP contribution in [0.1, 0.15) is 21.5 Å². The summed E-state index contributed by atoms with van der Waals surface area (Å²) in [5.74, 6) is -0.159. The number of anilines is 1. The Morgan fingerprint density at radius 2 is 2.05 bits per heavy atom. The number of amides is 1. The van der Waals surface area contributed by atoms with Gasteiger partial charge in [-0.3, -0.25) is 4.79 Å². The number of hydrogen-bond acceptors (Lipinski definition) is 1. The maximum absolute atomic E-state index is 12.1. The molecule has 0 bridgehead atoms. The smallest absolute Gasteiger partial charge is 0.255 e. The number of alkyl halides is 1. The first-order valence-corrected chi connectivity index (χ1v) is 7.32. The molecule has 0 heterocycles. The van der Waals surface area contributed by atoms with Gasteiger partial charge in [0.1, 0.15) is 0 Å². The van der Waals surface area contributed by atoms with Gasteiger partial charge in [-0.1, -0.05) is 45.7 Å². The molecule has 0 spiro atoms. The Morgan fingerprint density at radius 1 is 1.26 bits per heavy atom. The minimum Gasteiger partial charge on any atom is -0.322 e. The van der Waals surface area contributed by atoms with Crippen LogP contribution in [0.25, 0.3) is 0 Å². The normalized spacial score (nSPS) is 10.3. The molecule has 0 unspecified atom stereocenters. The second-order valence-electron chi connectivity index (χ2n) is 4.25. The summed E-state index contributed by atoms with van der Waals surface area (Å²) >= 11 is 9.41. The molecule has 1 N–H and O–H groups in total. The lowest BCUT2D eigenvalue weighted by Crippen LogP contribution is -2.12. The molecule has 2 nitrogen and oxygen atoms in total. The van der Waals surface area contributed by atoms with Gasteiger partial charge < -0.3 is 5.32 Å². The average molecular weight is 339 g/mol. The van der Waals surface area contributed by atoms with Crippen molar-refractivity contribution in [2.75, 3.05) is 5.32 Å². The zero-order chi connectivity index (χ0) is 13.8. The molecule has 0 aliphatic heterocycles. The van der Waals surface area contributed by atoms with Gasteiger partial charge in [-0.05, 0) is 42.3 Å². The molecule has 4 heteroatoms. The third-order valence-electron chi connectivity index (χ3n) is 2.77. The SMILES string of the molecule is Cc1ccc(C(=O)Nc2cccc(CBr)c2)cc1Cl. The van der Waals surface area contributed by atoms with Gasteiger partial charge in [0.2, 0.25) is 0 Å². The summed E-state index contributed by atoms with van der Waals surface area (Å²) in [4.78, 5) is 12.1. The summed E-state index contributed by atoms with van der Waals surface area (Å²) in [5.41, 5.74) is 3.40. The Balaban J connectivity index is 2.18. The Bertz CT molecular complexity index is 613. The quantitative estimate of drug-likeness (QED) is 0.801. The third kappa shape index (κ3) is 3.58. The molecule has 0 fully saturated rings. The molecule has 19 heavy (non-hydrogen) atoms. The van der Waals surface area contributed by atoms with E-state index >= 15 is 0 Å². The molecule has 0 aliphatic carbocycles. The van der Waals surface area contributed by atoms with Crippen molar-refractivity contribution in [1.29, 1.82) is 0 Å². The van der Waals surface area contributed by atoms with E-state index < -0.39 is 0 Å². The number of rotatable bonds is 3. The lowest BCUT2D eigenvalue weighted by Gasteiger charge is -2.07. The predicted octanol–water partition coefficient (Wildman–Crippen LogP) is 4.80. The van der Waals surface area contributed by atoms with Gasteiger partial charge in [-0.2, -0.15) is 0 Å². The fourth-order valence-electron chi connectivity index (χ4n) is 1.67. The maximum atomic E-state index is 12.1. The van der Waals surface area contributed by atoms with Gasteiger partial charge in [0.25, 0.3) is 5.91 Å². The summed E-state index contributed by atoms with van der Waals surface area (Å²) in [6.45, 7) is 1.91. The Morgan fingerprint density at radius 3 is 2.74 bits per heavy atom. The molecule has 2 aromatic rings. The molecule has 98 valence electrons. The summed E-state index contributed by atoms with van der Waals surface area (Å²) in [6, 6.07) is 13.0. The van der Waals surface area contributed by atoms with Gasteiger partial charge in [0, 0.05) is 21.6 Å². The van der Waals surface area contributed by atoms with Crippen LogP contribution in [0, 0.1) is 6.92 Å². The zero-order valence-corrected chi connectivity index (χ0v) is 12.8. The summed E-state index contributed by atoms with van der Waals surface area (Å²) in [7, 11) is 0. The first-order chi connectivity index (χ1) is 9.10. The van der Waals surface area contributed by atoms with E-state index in [2.05, 4.69) is 21.2 Å². The third-order valence-corrected chi connectivity index (χ3v) is 3.83. The van der Waals surface area contributed by atoms with E-state index in [0.29, 0.717) is 10.6 Å². The molecule has 0 aliphatic rings. The number of carbonyl (C=O) groups excluding carboxylic acids is 1. The average Bonchev–Trinajstić information content (AvgIpc) is 2.42. The monoisotopic (exact) mass is 337 g/mol. The highest BCUT2D eigenvalue weighted by Crippen LogP contribution is 2.18. The standard InChI is InChI=1S/C15H13BrClNO/c1-10-5-6-12(8-14(10)17)15(19)18-13-4-2-3-11(7-13)9-16/h2-8H,9H2,1H3,(H,18,19). The molecule has 0 saturated heterocycles. The van der Waals surface area contributed by atoms with Gasteiger partial charge >= 0.3 is 0 Å². The summed E-state index contributed by atoms with van der Waals surface area (Å²) in [5, 5.41) is 4.22. The molecule has 2 rings (SSSR count). The molecule has 0 atom stereocenters. The molecular formula is C15H13BrClNO. The largest absolute Gasteiger partial charge is 0.322 e. The first-order valence-electron chi connectivity index (χ1n) is 5.82. The van der Waals surface area contributed by atoms with Crippen molar-refractivity contribution in [1.82, 2.24) is 0 Å². The Hall–Kier alpha value is -1.32. The van der Waals surface area contributed by atoms with E-state index in [1.54, 1.807) is 12.1 Å². The number of benzene rings is 2. The van der Waals surface area contributed by atoms with Crippen molar-refractivity contribution in [3.05, 3.63) is 64.2 Å². The predicted molar refractivity (Wildman–Crippen MR) is 83.2 cm³/mol. The highest BCUT2D eigenvalue weighted by molar-refractivity contribution is 9.08. The van der Waals surface area contributed by atoms with Crippen LogP contribution in [-0.2, 0) is 5.33 Å². The van der Waals surface area contributed by atoms with Crippen LogP contribution in [0.3, 0.4) is 0 Å². The minimum atomic E-state index is -0.159. The number of nitrogens with one attached hydrogen (secondary N) is 1. The topological polar surface area (TPSA) is 29.1 Å². The van der Waals surface area contributed by atoms with Crippen LogP contribution in [0.2, 0.25) is 5.02 Å².